The zero-order chi connectivity index (χ0) is 17.1. The third kappa shape index (κ3) is 3.68. The van der Waals surface area contributed by atoms with E-state index >= 15 is 0 Å². The highest BCUT2D eigenvalue weighted by Crippen LogP contribution is 2.30. The Balaban J connectivity index is 1.59. The summed E-state index contributed by atoms with van der Waals surface area (Å²) in [6.07, 6.45) is 4.28. The van der Waals surface area contributed by atoms with Gasteiger partial charge in [0, 0.05) is 25.2 Å². The van der Waals surface area contributed by atoms with Gasteiger partial charge in [-0.1, -0.05) is 23.2 Å². The number of hydrogen-bond donors (Lipinski definition) is 2. The summed E-state index contributed by atoms with van der Waals surface area (Å²) in [5.41, 5.74) is 5.71. The van der Waals surface area contributed by atoms with Crippen LogP contribution in [-0.4, -0.2) is 33.9 Å². The second-order valence-electron chi connectivity index (χ2n) is 5.51. The third-order valence-corrected chi connectivity index (χ3v) is 4.53. The van der Waals surface area contributed by atoms with E-state index in [1.165, 1.54) is 12.5 Å². The second-order valence-corrected chi connectivity index (χ2v) is 6.32. The summed E-state index contributed by atoms with van der Waals surface area (Å²) < 4.78 is 0. The van der Waals surface area contributed by atoms with Gasteiger partial charge in [0.05, 0.1) is 5.02 Å². The van der Waals surface area contributed by atoms with Crippen molar-refractivity contribution in [3.63, 3.8) is 0 Å². The molecule has 3 N–H and O–H groups in total. The zero-order valence-electron chi connectivity index (χ0n) is 12.7. The van der Waals surface area contributed by atoms with E-state index < -0.39 is 0 Å². The summed E-state index contributed by atoms with van der Waals surface area (Å²) in [7, 11) is 0. The van der Waals surface area contributed by atoms with Gasteiger partial charge >= 0.3 is 0 Å². The van der Waals surface area contributed by atoms with Crippen LogP contribution in [0.5, 0.6) is 0 Å². The SMILES string of the molecule is Nc1ncnc(N2CCC(C(=O)Nc3ccc(Cl)cn3)CC2)c1Cl. The Morgan fingerprint density at radius 2 is 1.96 bits per heavy atom. The predicted molar refractivity (Wildman–Crippen MR) is 94.3 cm³/mol. The first-order chi connectivity index (χ1) is 11.5. The molecule has 126 valence electrons. The Labute approximate surface area is 149 Å². The molecule has 0 aliphatic carbocycles. The lowest BCUT2D eigenvalue weighted by Gasteiger charge is -2.32. The first-order valence-electron chi connectivity index (χ1n) is 7.48. The van der Waals surface area contributed by atoms with Gasteiger partial charge in [0.2, 0.25) is 5.91 Å². The van der Waals surface area contributed by atoms with Crippen molar-refractivity contribution in [3.05, 3.63) is 34.7 Å². The molecule has 7 nitrogen and oxygen atoms in total. The van der Waals surface area contributed by atoms with Crippen LogP contribution in [0.25, 0.3) is 0 Å². The maximum Gasteiger partial charge on any atom is 0.228 e. The van der Waals surface area contributed by atoms with Crippen molar-refractivity contribution >= 4 is 46.6 Å². The Kier molecular flexibility index (Phi) is 5.01. The van der Waals surface area contributed by atoms with Crippen LogP contribution >= 0.6 is 23.2 Å². The lowest BCUT2D eigenvalue weighted by atomic mass is 9.96. The minimum atomic E-state index is -0.0864. The quantitative estimate of drug-likeness (QED) is 0.866. The van der Waals surface area contributed by atoms with E-state index in [1.54, 1.807) is 12.1 Å². The summed E-state index contributed by atoms with van der Waals surface area (Å²) in [5, 5.41) is 3.70. The van der Waals surface area contributed by atoms with Crippen molar-refractivity contribution in [2.24, 2.45) is 5.92 Å². The van der Waals surface area contributed by atoms with Gasteiger partial charge in [0.1, 0.15) is 23.0 Å². The number of amides is 1. The molecular weight excluding hydrogens is 351 g/mol. The van der Waals surface area contributed by atoms with Gasteiger partial charge in [-0.15, -0.1) is 0 Å². The van der Waals surface area contributed by atoms with Crippen molar-refractivity contribution in [2.75, 3.05) is 29.0 Å². The van der Waals surface area contributed by atoms with E-state index in [0.717, 1.165) is 0 Å². The standard InChI is InChI=1S/C15H16Cl2N6O/c16-10-1-2-11(19-7-10)22-15(24)9-3-5-23(6-4-9)14-12(17)13(18)20-8-21-14/h1-2,7-9H,3-6H2,(H2,18,20,21)(H,19,22,24). The Morgan fingerprint density at radius 3 is 2.62 bits per heavy atom. The first kappa shape index (κ1) is 16.7. The molecule has 1 amide bonds. The van der Waals surface area contributed by atoms with Crippen LogP contribution in [-0.2, 0) is 4.79 Å². The van der Waals surface area contributed by atoms with E-state index in [1.807, 2.05) is 4.90 Å². The van der Waals surface area contributed by atoms with Crippen molar-refractivity contribution in [1.82, 2.24) is 15.0 Å². The molecule has 1 saturated heterocycles. The van der Waals surface area contributed by atoms with Crippen LogP contribution in [0.3, 0.4) is 0 Å². The smallest absolute Gasteiger partial charge is 0.228 e. The number of hydrogen-bond acceptors (Lipinski definition) is 6. The molecule has 3 heterocycles. The van der Waals surface area contributed by atoms with Crippen LogP contribution in [0.1, 0.15) is 12.8 Å². The molecule has 1 fully saturated rings. The van der Waals surface area contributed by atoms with Gasteiger partial charge in [0.25, 0.3) is 0 Å². The number of carbonyl (C=O) groups excluding carboxylic acids is 1. The normalized spacial score (nSPS) is 15.3. The Hall–Kier alpha value is -2.12. The van der Waals surface area contributed by atoms with E-state index in [9.17, 15) is 4.79 Å². The molecule has 0 aromatic carbocycles. The van der Waals surface area contributed by atoms with Crippen LogP contribution in [0.4, 0.5) is 17.5 Å². The van der Waals surface area contributed by atoms with Gasteiger partial charge < -0.3 is 16.0 Å². The molecule has 1 aliphatic heterocycles. The van der Waals surface area contributed by atoms with Crippen LogP contribution in [0.15, 0.2) is 24.7 Å². The minimum Gasteiger partial charge on any atom is -0.382 e. The summed E-state index contributed by atoms with van der Waals surface area (Å²) in [5.74, 6) is 1.24. The number of aromatic nitrogens is 3. The number of anilines is 3. The summed E-state index contributed by atoms with van der Waals surface area (Å²) in [6.45, 7) is 1.34. The van der Waals surface area contributed by atoms with Crippen LogP contribution in [0, 0.1) is 5.92 Å². The first-order valence-corrected chi connectivity index (χ1v) is 8.23. The van der Waals surface area contributed by atoms with E-state index in [-0.39, 0.29) is 17.6 Å². The number of nitrogen functional groups attached to an aromatic ring is 1. The highest BCUT2D eigenvalue weighted by atomic mass is 35.5. The molecule has 0 unspecified atom stereocenters. The summed E-state index contributed by atoms with van der Waals surface area (Å²) in [6, 6.07) is 3.37. The number of nitrogens with zero attached hydrogens (tertiary/aromatic N) is 4. The van der Waals surface area contributed by atoms with Gasteiger partial charge in [-0.05, 0) is 25.0 Å². The van der Waals surface area contributed by atoms with Crippen molar-refractivity contribution in [1.29, 1.82) is 0 Å². The summed E-state index contributed by atoms with van der Waals surface area (Å²) >= 11 is 11.9. The lowest BCUT2D eigenvalue weighted by Crippen LogP contribution is -2.38. The lowest BCUT2D eigenvalue weighted by molar-refractivity contribution is -0.120. The highest BCUT2D eigenvalue weighted by molar-refractivity contribution is 6.35. The number of piperidine rings is 1. The third-order valence-electron chi connectivity index (χ3n) is 3.94. The van der Waals surface area contributed by atoms with E-state index in [4.69, 9.17) is 28.9 Å². The molecule has 24 heavy (non-hydrogen) atoms. The van der Waals surface area contributed by atoms with Crippen molar-refractivity contribution in [2.45, 2.75) is 12.8 Å². The fourth-order valence-corrected chi connectivity index (χ4v) is 2.95. The molecule has 2 aromatic heterocycles. The molecule has 3 rings (SSSR count). The average Bonchev–Trinajstić information content (AvgIpc) is 2.59. The van der Waals surface area contributed by atoms with E-state index in [2.05, 4.69) is 20.3 Å². The van der Waals surface area contributed by atoms with Gasteiger partial charge in [-0.2, -0.15) is 0 Å². The topological polar surface area (TPSA) is 97.0 Å². The fourth-order valence-electron chi connectivity index (χ4n) is 2.63. The largest absolute Gasteiger partial charge is 0.382 e. The number of carbonyl (C=O) groups is 1. The maximum atomic E-state index is 12.3. The highest BCUT2D eigenvalue weighted by Gasteiger charge is 2.27. The number of rotatable bonds is 3. The fraction of sp³-hybridized carbons (Fsp3) is 0.333. The molecule has 0 saturated carbocycles. The Bertz CT molecular complexity index is 731. The van der Waals surface area contributed by atoms with Gasteiger partial charge in [-0.25, -0.2) is 15.0 Å². The number of nitrogens with one attached hydrogen (secondary N) is 1. The van der Waals surface area contributed by atoms with Crippen LogP contribution in [0.2, 0.25) is 10.0 Å². The van der Waals surface area contributed by atoms with E-state index in [0.29, 0.717) is 47.6 Å². The maximum absolute atomic E-state index is 12.3. The number of halogens is 2. The Morgan fingerprint density at radius 1 is 1.21 bits per heavy atom. The molecule has 2 aromatic rings. The van der Waals surface area contributed by atoms with Crippen molar-refractivity contribution in [3.8, 4) is 0 Å². The van der Waals surface area contributed by atoms with Gasteiger partial charge in [-0.3, -0.25) is 4.79 Å². The molecule has 1 aliphatic rings. The van der Waals surface area contributed by atoms with Gasteiger partial charge in [0.15, 0.2) is 5.82 Å². The predicted octanol–water partition coefficient (Wildman–Crippen LogP) is 2.62. The molecule has 0 radical (unpaired) electrons. The number of pyridine rings is 1. The van der Waals surface area contributed by atoms with Crippen LogP contribution < -0.4 is 16.0 Å². The molecule has 9 heteroatoms. The number of nitrogens with two attached hydrogens (primary N) is 1. The molecule has 0 spiro atoms. The average molecular weight is 367 g/mol. The minimum absolute atomic E-state index is 0.0437. The summed E-state index contributed by atoms with van der Waals surface area (Å²) in [4.78, 5) is 26.5. The monoisotopic (exact) mass is 366 g/mol. The van der Waals surface area contributed by atoms with Crippen molar-refractivity contribution < 1.29 is 4.79 Å². The molecular formula is C15H16Cl2N6O. The molecule has 0 bridgehead atoms. The zero-order valence-corrected chi connectivity index (χ0v) is 14.3. The molecule has 0 atom stereocenters. The second kappa shape index (κ2) is 7.19.